The number of nitrogens with one attached hydrogen (secondary N) is 1. The van der Waals surface area contributed by atoms with Crippen molar-refractivity contribution in [3.63, 3.8) is 0 Å². The summed E-state index contributed by atoms with van der Waals surface area (Å²) in [4.78, 5) is 17.2. The van der Waals surface area contributed by atoms with Crippen LogP contribution in [0.15, 0.2) is 53.3 Å². The first-order chi connectivity index (χ1) is 19.2. The van der Waals surface area contributed by atoms with E-state index < -0.39 is 69.7 Å². The van der Waals surface area contributed by atoms with Crippen molar-refractivity contribution in [1.82, 2.24) is 14.3 Å². The summed E-state index contributed by atoms with van der Waals surface area (Å²) in [6, 6.07) is 7.41. The number of halogens is 8. The van der Waals surface area contributed by atoms with Gasteiger partial charge in [-0.15, -0.1) is 0 Å². The monoisotopic (exact) mass is 606 g/mol. The van der Waals surface area contributed by atoms with Crippen LogP contribution >= 0.6 is 11.6 Å². The maximum Gasteiger partial charge on any atom is 0.420 e. The Morgan fingerprint density at radius 3 is 2.17 bits per heavy atom. The fourth-order valence-electron chi connectivity index (χ4n) is 4.01. The number of benzene rings is 2. The van der Waals surface area contributed by atoms with Gasteiger partial charge in [-0.1, -0.05) is 23.7 Å². The molecule has 0 aliphatic heterocycles. The summed E-state index contributed by atoms with van der Waals surface area (Å²) >= 11 is 5.83. The molecule has 0 fully saturated rings. The molecular weight excluding hydrogens is 589 g/mol. The Bertz CT molecular complexity index is 1620. The van der Waals surface area contributed by atoms with Crippen molar-refractivity contribution in [3.8, 4) is 28.6 Å². The average molecular weight is 607 g/mol. The van der Waals surface area contributed by atoms with E-state index in [1.54, 1.807) is 0 Å². The zero-order valence-corrected chi connectivity index (χ0v) is 21.6. The molecule has 4 aromatic rings. The number of aromatic nitrogens is 3. The lowest BCUT2D eigenvalue weighted by Crippen LogP contribution is -2.26. The van der Waals surface area contributed by atoms with E-state index in [9.17, 15) is 31.9 Å². The molecule has 0 spiro atoms. The Morgan fingerprint density at radius 1 is 1.02 bits per heavy atom. The number of rotatable bonds is 8. The van der Waals surface area contributed by atoms with Crippen LogP contribution in [0, 0.1) is 11.6 Å². The van der Waals surface area contributed by atoms with Crippen LogP contribution in [-0.4, -0.2) is 33.2 Å². The van der Waals surface area contributed by atoms with Crippen LogP contribution in [0.5, 0.6) is 11.5 Å². The van der Waals surface area contributed by atoms with Crippen LogP contribution in [0.1, 0.15) is 17.4 Å². The first-order valence-corrected chi connectivity index (χ1v) is 11.7. The smallest absolute Gasteiger partial charge is 0.420 e. The molecule has 2 aromatic heterocycles. The van der Waals surface area contributed by atoms with E-state index in [2.05, 4.69) is 15.0 Å². The molecule has 8 nitrogen and oxygen atoms in total. The third-order valence-electron chi connectivity index (χ3n) is 5.80. The van der Waals surface area contributed by atoms with Crippen molar-refractivity contribution < 1.29 is 45.3 Å². The van der Waals surface area contributed by atoms with Gasteiger partial charge in [0.05, 0.1) is 18.4 Å². The first kappa shape index (κ1) is 29.7. The van der Waals surface area contributed by atoms with Gasteiger partial charge in [-0.05, 0) is 24.3 Å². The molecule has 0 amide bonds. The highest BCUT2D eigenvalue weighted by Gasteiger charge is 2.37. The Labute approximate surface area is 231 Å². The van der Waals surface area contributed by atoms with Gasteiger partial charge in [0, 0.05) is 24.7 Å². The van der Waals surface area contributed by atoms with Gasteiger partial charge >= 0.3 is 12.8 Å². The van der Waals surface area contributed by atoms with Crippen LogP contribution in [-0.2, 0) is 13.2 Å². The Morgan fingerprint density at radius 2 is 1.63 bits per heavy atom. The number of aliphatic hydroxyl groups excluding tert-OH is 1. The lowest BCUT2D eigenvalue weighted by molar-refractivity contribution is -0.137. The first-order valence-electron chi connectivity index (χ1n) is 11.3. The molecule has 1 atom stereocenters. The highest BCUT2D eigenvalue weighted by molar-refractivity contribution is 6.29. The molecule has 2 N–H and O–H groups in total. The number of ether oxygens (including phenoxy) is 2. The molecule has 0 bridgehead atoms. The van der Waals surface area contributed by atoms with Gasteiger partial charge in [0.2, 0.25) is 0 Å². The highest BCUT2D eigenvalue weighted by Crippen LogP contribution is 2.38. The van der Waals surface area contributed by atoms with Crippen molar-refractivity contribution in [2.75, 3.05) is 12.4 Å². The molecule has 0 unspecified atom stereocenters. The van der Waals surface area contributed by atoms with Gasteiger partial charge in [0.15, 0.2) is 12.0 Å². The van der Waals surface area contributed by atoms with Gasteiger partial charge in [0.25, 0.3) is 5.56 Å². The van der Waals surface area contributed by atoms with Crippen LogP contribution in [0.25, 0.3) is 17.1 Å². The summed E-state index contributed by atoms with van der Waals surface area (Å²) in [6.07, 6.45) is -6.85. The minimum Gasteiger partial charge on any atom is -0.497 e. The van der Waals surface area contributed by atoms with Gasteiger partial charge in [0.1, 0.15) is 39.5 Å². The maximum atomic E-state index is 15.2. The largest absolute Gasteiger partial charge is 0.497 e. The number of anilines is 1. The standard InChI is InChI=1S/C25H18ClF7N4O4/c1-36-20(18-15(27)9-13(40-2)10-16(18)28)19(35-22(38)11-3-5-12(6-4-11)41-24(29)30)23(39)37(36)21-14(25(31,32)33)7-8-17(26)34-21/h3-10,22,24,35,38H,1-2H3/t22-/m0/s1. The normalized spacial score (nSPS) is 12.5. The summed E-state index contributed by atoms with van der Waals surface area (Å²) in [7, 11) is 2.18. The summed E-state index contributed by atoms with van der Waals surface area (Å²) in [6.45, 7) is -3.12. The quantitative estimate of drug-likeness (QED) is 0.147. The fraction of sp³-hybridized carbons (Fsp3) is 0.200. The summed E-state index contributed by atoms with van der Waals surface area (Å²) in [5, 5.41) is 12.7. The second kappa shape index (κ2) is 11.3. The van der Waals surface area contributed by atoms with Gasteiger partial charge in [-0.25, -0.2) is 13.8 Å². The number of alkyl halides is 5. The Balaban J connectivity index is 1.95. The van der Waals surface area contributed by atoms with Gasteiger partial charge < -0.3 is 19.9 Å². The molecule has 41 heavy (non-hydrogen) atoms. The molecule has 0 saturated carbocycles. The third kappa shape index (κ3) is 5.95. The zero-order chi connectivity index (χ0) is 30.2. The molecule has 0 saturated heterocycles. The summed E-state index contributed by atoms with van der Waals surface area (Å²) in [5.74, 6) is -4.01. The minimum atomic E-state index is -5.03. The third-order valence-corrected chi connectivity index (χ3v) is 6.01. The molecule has 0 aliphatic rings. The predicted octanol–water partition coefficient (Wildman–Crippen LogP) is 5.90. The topological polar surface area (TPSA) is 90.5 Å². The van der Waals surface area contributed by atoms with E-state index in [0.717, 1.165) is 56.6 Å². The van der Waals surface area contributed by atoms with Crippen molar-refractivity contribution in [2.45, 2.75) is 19.0 Å². The number of pyridine rings is 1. The molecule has 2 heterocycles. The second-order valence-corrected chi connectivity index (χ2v) is 8.71. The van der Waals surface area contributed by atoms with E-state index >= 15 is 8.78 Å². The van der Waals surface area contributed by atoms with Crippen molar-refractivity contribution in [3.05, 3.63) is 86.8 Å². The molecule has 4 rings (SSSR count). The van der Waals surface area contributed by atoms with Crippen molar-refractivity contribution in [2.24, 2.45) is 7.05 Å². The summed E-state index contributed by atoms with van der Waals surface area (Å²) < 4.78 is 107. The van der Waals surface area contributed by atoms with Crippen LogP contribution in [0.4, 0.5) is 36.4 Å². The lowest BCUT2D eigenvalue weighted by Gasteiger charge is -2.17. The number of aliphatic hydroxyl groups is 1. The average Bonchev–Trinajstić information content (AvgIpc) is 3.11. The molecule has 0 radical (unpaired) electrons. The highest BCUT2D eigenvalue weighted by atomic mass is 35.5. The van der Waals surface area contributed by atoms with Crippen LogP contribution in [0.3, 0.4) is 0 Å². The molecule has 0 aliphatic carbocycles. The second-order valence-electron chi connectivity index (χ2n) is 8.33. The van der Waals surface area contributed by atoms with E-state index in [1.165, 1.54) is 0 Å². The number of hydrogen-bond acceptors (Lipinski definition) is 6. The number of methoxy groups -OCH3 is 1. The predicted molar refractivity (Wildman–Crippen MR) is 132 cm³/mol. The SMILES string of the molecule is COc1cc(F)c(-c2c(N[C@@H](O)c3ccc(OC(F)F)cc3)c(=O)n(-c3nc(Cl)ccc3C(F)(F)F)n2C)c(F)c1. The number of hydrogen-bond donors (Lipinski definition) is 2. The van der Waals surface area contributed by atoms with Crippen molar-refractivity contribution in [1.29, 1.82) is 0 Å². The van der Waals surface area contributed by atoms with E-state index in [1.807, 2.05) is 0 Å². The van der Waals surface area contributed by atoms with Crippen molar-refractivity contribution >= 4 is 17.3 Å². The number of nitrogens with zero attached hydrogens (tertiary/aromatic N) is 3. The van der Waals surface area contributed by atoms with Gasteiger partial charge in [-0.3, -0.25) is 9.48 Å². The van der Waals surface area contributed by atoms with Crippen LogP contribution < -0.4 is 20.3 Å². The minimum absolute atomic E-state index is 0.0279. The fourth-order valence-corrected chi connectivity index (χ4v) is 4.16. The Hall–Kier alpha value is -4.24. The van der Waals surface area contributed by atoms with E-state index in [0.29, 0.717) is 15.4 Å². The molecule has 218 valence electrons. The van der Waals surface area contributed by atoms with Gasteiger partial charge in [-0.2, -0.15) is 26.6 Å². The Kier molecular flexibility index (Phi) is 8.22. The van der Waals surface area contributed by atoms with Crippen LogP contribution in [0.2, 0.25) is 5.15 Å². The van der Waals surface area contributed by atoms with E-state index in [4.69, 9.17) is 16.3 Å². The molecule has 16 heteroatoms. The van der Waals surface area contributed by atoms with E-state index in [-0.39, 0.29) is 17.1 Å². The lowest BCUT2D eigenvalue weighted by atomic mass is 10.1. The zero-order valence-electron chi connectivity index (χ0n) is 20.8. The maximum absolute atomic E-state index is 15.2. The molecule has 2 aromatic carbocycles. The summed E-state index contributed by atoms with van der Waals surface area (Å²) in [5.41, 5.74) is -4.91. The molecular formula is C25H18ClF7N4O4.